The fourth-order valence-electron chi connectivity index (χ4n) is 3.98. The molecule has 0 aliphatic carbocycles. The second kappa shape index (κ2) is 11.8. The van der Waals surface area contributed by atoms with E-state index in [9.17, 15) is 18.0 Å². The summed E-state index contributed by atoms with van der Waals surface area (Å²) in [5.74, 6) is -0.951. The van der Waals surface area contributed by atoms with E-state index < -0.39 is 22.5 Å². The molecular weight excluding hydrogens is 514 g/mol. The fraction of sp³-hybridized carbons (Fsp3) is 0.259. The van der Waals surface area contributed by atoms with Crippen molar-refractivity contribution >= 4 is 44.8 Å². The molecule has 1 fully saturated rings. The van der Waals surface area contributed by atoms with Gasteiger partial charge in [0, 0.05) is 18.2 Å². The van der Waals surface area contributed by atoms with Gasteiger partial charge in [0.15, 0.2) is 0 Å². The van der Waals surface area contributed by atoms with E-state index in [1.165, 1.54) is 24.3 Å². The summed E-state index contributed by atoms with van der Waals surface area (Å²) in [5, 5.41) is 5.95. The van der Waals surface area contributed by atoms with Crippen LogP contribution in [0.1, 0.15) is 28.8 Å². The standard InChI is InChI=1S/C27H28ClN3O5S/c1-19-8-12-21(13-9-19)31(37(34,35)23-14-10-20(28)11-15-23)18-26(32)30-25-7-3-2-6-24(25)27(33)29-17-22-5-4-16-36-22/h2-3,6-15,22H,4-5,16-18H2,1H3,(H,29,33)(H,30,32)/t22-/m0/s1. The average molecular weight is 542 g/mol. The molecule has 2 N–H and O–H groups in total. The van der Waals surface area contributed by atoms with Crippen LogP contribution in [-0.4, -0.2) is 46.0 Å². The highest BCUT2D eigenvalue weighted by Gasteiger charge is 2.28. The molecule has 8 nitrogen and oxygen atoms in total. The van der Waals surface area contributed by atoms with Gasteiger partial charge >= 0.3 is 0 Å². The number of benzene rings is 3. The molecule has 0 saturated carbocycles. The van der Waals surface area contributed by atoms with Gasteiger partial charge in [-0.05, 0) is 68.3 Å². The number of amides is 2. The van der Waals surface area contributed by atoms with Gasteiger partial charge in [-0.25, -0.2) is 8.42 Å². The van der Waals surface area contributed by atoms with E-state index in [0.29, 0.717) is 23.9 Å². The van der Waals surface area contributed by atoms with Gasteiger partial charge in [0.2, 0.25) is 5.91 Å². The largest absolute Gasteiger partial charge is 0.376 e. The minimum atomic E-state index is -4.09. The van der Waals surface area contributed by atoms with Gasteiger partial charge < -0.3 is 15.4 Å². The van der Waals surface area contributed by atoms with Crippen molar-refractivity contribution in [3.05, 3.63) is 88.9 Å². The maximum absolute atomic E-state index is 13.5. The Bertz CT molecular complexity index is 1360. The normalized spacial score (nSPS) is 15.2. The summed E-state index contributed by atoms with van der Waals surface area (Å²) in [4.78, 5) is 26.0. The van der Waals surface area contributed by atoms with Crippen LogP contribution in [0.2, 0.25) is 5.02 Å². The third kappa shape index (κ3) is 6.68. The number of para-hydroxylation sites is 1. The van der Waals surface area contributed by atoms with Crippen LogP contribution in [0.5, 0.6) is 0 Å². The third-order valence-electron chi connectivity index (χ3n) is 5.97. The van der Waals surface area contributed by atoms with Gasteiger partial charge in [-0.3, -0.25) is 13.9 Å². The number of nitrogens with zero attached hydrogens (tertiary/aromatic N) is 1. The molecule has 0 radical (unpaired) electrons. The first-order chi connectivity index (χ1) is 17.7. The number of hydrogen-bond donors (Lipinski definition) is 2. The Balaban J connectivity index is 1.55. The van der Waals surface area contributed by atoms with E-state index in [0.717, 1.165) is 22.7 Å². The van der Waals surface area contributed by atoms with Gasteiger partial charge in [-0.1, -0.05) is 41.4 Å². The number of sulfonamides is 1. The van der Waals surface area contributed by atoms with Gasteiger partial charge in [0.1, 0.15) is 6.54 Å². The lowest BCUT2D eigenvalue weighted by Gasteiger charge is -2.24. The number of ether oxygens (including phenoxy) is 1. The first kappa shape index (κ1) is 26.7. The molecule has 1 heterocycles. The number of carbonyl (C=O) groups excluding carboxylic acids is 2. The molecule has 1 aliphatic heterocycles. The molecule has 1 aliphatic rings. The van der Waals surface area contributed by atoms with Gasteiger partial charge in [0.05, 0.1) is 27.9 Å². The molecule has 4 rings (SSSR count). The molecule has 1 atom stereocenters. The first-order valence-corrected chi connectivity index (χ1v) is 13.7. The fourth-order valence-corrected chi connectivity index (χ4v) is 5.52. The second-order valence-corrected chi connectivity index (χ2v) is 11.0. The Hall–Kier alpha value is -3.40. The van der Waals surface area contributed by atoms with Crippen molar-refractivity contribution in [3.63, 3.8) is 0 Å². The Morgan fingerprint density at radius 1 is 1.03 bits per heavy atom. The molecule has 3 aromatic carbocycles. The van der Waals surface area contributed by atoms with Crippen LogP contribution in [0.3, 0.4) is 0 Å². The number of rotatable bonds is 9. The zero-order valence-corrected chi connectivity index (χ0v) is 21.9. The number of halogens is 1. The van der Waals surface area contributed by atoms with E-state index in [1.54, 1.807) is 48.5 Å². The number of aryl methyl sites for hydroxylation is 1. The van der Waals surface area contributed by atoms with E-state index in [4.69, 9.17) is 16.3 Å². The van der Waals surface area contributed by atoms with Crippen LogP contribution in [0, 0.1) is 6.92 Å². The highest BCUT2D eigenvalue weighted by atomic mass is 35.5. The van der Waals surface area contributed by atoms with Crippen molar-refractivity contribution in [1.29, 1.82) is 0 Å². The van der Waals surface area contributed by atoms with Crippen molar-refractivity contribution in [1.82, 2.24) is 5.32 Å². The summed E-state index contributed by atoms with van der Waals surface area (Å²) < 4.78 is 33.6. The lowest BCUT2D eigenvalue weighted by molar-refractivity contribution is -0.114. The highest BCUT2D eigenvalue weighted by Crippen LogP contribution is 2.25. The van der Waals surface area contributed by atoms with Gasteiger partial charge in [-0.15, -0.1) is 0 Å². The van der Waals surface area contributed by atoms with E-state index in [2.05, 4.69) is 10.6 Å². The van der Waals surface area contributed by atoms with Crippen LogP contribution in [0.4, 0.5) is 11.4 Å². The average Bonchev–Trinajstić information content (AvgIpc) is 3.41. The number of hydrogen-bond acceptors (Lipinski definition) is 5. The quantitative estimate of drug-likeness (QED) is 0.418. The van der Waals surface area contributed by atoms with Crippen LogP contribution in [-0.2, 0) is 19.6 Å². The molecule has 194 valence electrons. The predicted molar refractivity (Wildman–Crippen MR) is 144 cm³/mol. The van der Waals surface area contributed by atoms with Crippen LogP contribution in [0.15, 0.2) is 77.7 Å². The van der Waals surface area contributed by atoms with Crippen molar-refractivity contribution in [2.45, 2.75) is 30.8 Å². The summed E-state index contributed by atoms with van der Waals surface area (Å²) >= 11 is 5.94. The molecule has 10 heteroatoms. The summed E-state index contributed by atoms with van der Waals surface area (Å²) in [5.41, 5.74) is 1.83. The van der Waals surface area contributed by atoms with Crippen molar-refractivity contribution < 1.29 is 22.7 Å². The Labute approximate surface area is 221 Å². The summed E-state index contributed by atoms with van der Waals surface area (Å²) in [7, 11) is -4.09. The van der Waals surface area contributed by atoms with Crippen molar-refractivity contribution in [3.8, 4) is 0 Å². The lowest BCUT2D eigenvalue weighted by atomic mass is 10.1. The maximum Gasteiger partial charge on any atom is 0.264 e. The summed E-state index contributed by atoms with van der Waals surface area (Å²) in [6.45, 7) is 2.44. The summed E-state index contributed by atoms with van der Waals surface area (Å²) in [6.07, 6.45) is 1.82. The number of anilines is 2. The van der Waals surface area contributed by atoms with E-state index in [1.807, 2.05) is 6.92 Å². The molecule has 0 spiro atoms. The second-order valence-electron chi connectivity index (χ2n) is 8.74. The molecular formula is C27H28ClN3O5S. The van der Waals surface area contributed by atoms with Crippen molar-refractivity contribution in [2.75, 3.05) is 29.3 Å². The minimum Gasteiger partial charge on any atom is -0.376 e. The minimum absolute atomic E-state index is 0.000755. The van der Waals surface area contributed by atoms with Gasteiger partial charge in [0.25, 0.3) is 15.9 Å². The maximum atomic E-state index is 13.5. The Kier molecular flexibility index (Phi) is 8.48. The molecule has 1 saturated heterocycles. The molecule has 0 unspecified atom stereocenters. The highest BCUT2D eigenvalue weighted by molar-refractivity contribution is 7.92. The van der Waals surface area contributed by atoms with Crippen LogP contribution in [0.25, 0.3) is 0 Å². The zero-order valence-electron chi connectivity index (χ0n) is 20.3. The molecule has 37 heavy (non-hydrogen) atoms. The van der Waals surface area contributed by atoms with Crippen molar-refractivity contribution in [2.24, 2.45) is 0 Å². The van der Waals surface area contributed by atoms with E-state index in [-0.39, 0.29) is 28.2 Å². The molecule has 3 aromatic rings. The SMILES string of the molecule is Cc1ccc(N(CC(=O)Nc2ccccc2C(=O)NC[C@@H]2CCCO2)S(=O)(=O)c2ccc(Cl)cc2)cc1. The Morgan fingerprint density at radius 3 is 2.41 bits per heavy atom. The molecule has 0 bridgehead atoms. The number of nitrogens with one attached hydrogen (secondary N) is 2. The Morgan fingerprint density at radius 2 is 1.73 bits per heavy atom. The summed E-state index contributed by atoms with van der Waals surface area (Å²) in [6, 6.07) is 19.2. The third-order valence-corrected chi connectivity index (χ3v) is 8.01. The predicted octanol–water partition coefficient (Wildman–Crippen LogP) is 4.39. The smallest absolute Gasteiger partial charge is 0.264 e. The molecule has 2 amide bonds. The van der Waals surface area contributed by atoms with Crippen LogP contribution >= 0.6 is 11.6 Å². The monoisotopic (exact) mass is 541 g/mol. The lowest BCUT2D eigenvalue weighted by Crippen LogP contribution is -2.38. The van der Waals surface area contributed by atoms with Gasteiger partial charge in [-0.2, -0.15) is 0 Å². The molecule has 0 aromatic heterocycles. The van der Waals surface area contributed by atoms with Crippen LogP contribution < -0.4 is 14.9 Å². The topological polar surface area (TPSA) is 105 Å². The number of carbonyl (C=O) groups is 2. The zero-order chi connectivity index (χ0) is 26.4. The van der Waals surface area contributed by atoms with E-state index >= 15 is 0 Å². The first-order valence-electron chi connectivity index (χ1n) is 11.9.